The molecule has 6 rings (SSSR count). The lowest BCUT2D eigenvalue weighted by molar-refractivity contribution is -0.126. The molecule has 8 heteroatoms. The molecule has 2 atom stereocenters. The summed E-state index contributed by atoms with van der Waals surface area (Å²) in [5.41, 5.74) is 3.12. The summed E-state index contributed by atoms with van der Waals surface area (Å²) < 4.78 is 6.14. The van der Waals surface area contributed by atoms with Gasteiger partial charge in [0.1, 0.15) is 23.7 Å². The van der Waals surface area contributed by atoms with Crippen molar-refractivity contribution in [2.75, 3.05) is 13.1 Å². The van der Waals surface area contributed by atoms with E-state index in [1.807, 2.05) is 29.9 Å². The van der Waals surface area contributed by atoms with Gasteiger partial charge in [-0.15, -0.1) is 11.3 Å². The highest BCUT2D eigenvalue weighted by Gasteiger charge is 2.34. The molecule has 5 heterocycles. The summed E-state index contributed by atoms with van der Waals surface area (Å²) in [5, 5.41) is 6.06. The quantitative estimate of drug-likeness (QED) is 0.659. The second-order valence-corrected chi connectivity index (χ2v) is 8.82. The first-order valence-corrected chi connectivity index (χ1v) is 11.0. The third-order valence-electron chi connectivity index (χ3n) is 5.72. The summed E-state index contributed by atoms with van der Waals surface area (Å²) in [6.45, 7) is 2.83. The number of hydrogen-bond donors (Lipinski definition) is 1. The Morgan fingerprint density at radius 2 is 2.07 bits per heavy atom. The van der Waals surface area contributed by atoms with E-state index in [-0.39, 0.29) is 17.9 Å². The second-order valence-electron chi connectivity index (χ2n) is 7.84. The van der Waals surface area contributed by atoms with Crippen LogP contribution in [0.1, 0.15) is 23.4 Å². The van der Waals surface area contributed by atoms with E-state index >= 15 is 0 Å². The predicted octanol–water partition coefficient (Wildman–Crippen LogP) is 2.89. The van der Waals surface area contributed by atoms with Gasteiger partial charge < -0.3 is 10.1 Å². The number of nitrogens with zero attached hydrogens (tertiary/aromatic N) is 4. The molecule has 0 radical (unpaired) electrons. The standard InChI is InChI=1S/C22H23N5O2S/c28-22-16-1-3-19(26-22)12-27(10-16)11-17-7-15(18-8-23-14-24-9-18)2-4-20(17)29-13-21-25-5-6-30-21/h2,4-9,14,16,19H,1,3,10-13H2,(H,26,28)/t16-,19+/m1/s1. The van der Waals surface area contributed by atoms with Gasteiger partial charge in [0.15, 0.2) is 0 Å². The summed E-state index contributed by atoms with van der Waals surface area (Å²) in [6, 6.07) is 6.44. The minimum Gasteiger partial charge on any atom is -0.486 e. The van der Waals surface area contributed by atoms with Crippen molar-refractivity contribution >= 4 is 17.2 Å². The molecule has 1 aromatic carbocycles. The fraction of sp³-hybridized carbons (Fsp3) is 0.364. The van der Waals surface area contributed by atoms with Crippen LogP contribution in [0.5, 0.6) is 5.75 Å². The average molecular weight is 422 g/mol. The highest BCUT2D eigenvalue weighted by Crippen LogP contribution is 2.30. The Bertz CT molecular complexity index is 1010. The largest absolute Gasteiger partial charge is 0.486 e. The minimum atomic E-state index is 0.0779. The molecule has 30 heavy (non-hydrogen) atoms. The highest BCUT2D eigenvalue weighted by atomic mass is 32.1. The number of fused-ring (bicyclic) bond motifs is 4. The molecule has 7 nitrogen and oxygen atoms in total. The van der Waals surface area contributed by atoms with Crippen molar-refractivity contribution in [3.05, 3.63) is 59.1 Å². The molecule has 154 valence electrons. The first-order valence-electron chi connectivity index (χ1n) is 10.2. The number of amides is 1. The van der Waals surface area contributed by atoms with Crippen molar-refractivity contribution in [1.29, 1.82) is 0 Å². The average Bonchev–Trinajstić information content (AvgIpc) is 3.15. The SMILES string of the molecule is O=C1N[C@H]2CC[C@@H]1CN(Cc1cc(-c3cncnc3)ccc1OCc1nccs1)C2. The third kappa shape index (κ3) is 4.20. The molecule has 3 aliphatic heterocycles. The molecule has 0 saturated carbocycles. The van der Waals surface area contributed by atoms with Crippen LogP contribution in [0.25, 0.3) is 11.1 Å². The Labute approximate surface area is 179 Å². The maximum Gasteiger partial charge on any atom is 0.224 e. The van der Waals surface area contributed by atoms with Crippen LogP contribution in [0.4, 0.5) is 0 Å². The number of ether oxygens (including phenoxy) is 1. The number of thiazole rings is 1. The fourth-order valence-electron chi connectivity index (χ4n) is 4.24. The molecule has 0 unspecified atom stereocenters. The maximum atomic E-state index is 12.2. The van der Waals surface area contributed by atoms with Crippen LogP contribution in [-0.4, -0.2) is 44.9 Å². The van der Waals surface area contributed by atoms with Gasteiger partial charge in [-0.3, -0.25) is 9.69 Å². The van der Waals surface area contributed by atoms with Crippen LogP contribution >= 0.6 is 11.3 Å². The van der Waals surface area contributed by atoms with Crippen molar-refractivity contribution in [3.63, 3.8) is 0 Å². The van der Waals surface area contributed by atoms with Gasteiger partial charge in [-0.1, -0.05) is 6.07 Å². The number of piperidine rings is 1. The van der Waals surface area contributed by atoms with Crippen molar-refractivity contribution in [3.8, 4) is 16.9 Å². The Hall–Kier alpha value is -2.84. The first-order chi connectivity index (χ1) is 14.7. The Morgan fingerprint density at radius 3 is 2.87 bits per heavy atom. The number of carbonyl (C=O) groups is 1. The molecule has 2 bridgehead atoms. The minimum absolute atomic E-state index is 0.0779. The smallest absolute Gasteiger partial charge is 0.224 e. The lowest BCUT2D eigenvalue weighted by Gasteiger charge is -2.23. The third-order valence-corrected chi connectivity index (χ3v) is 6.47. The monoisotopic (exact) mass is 421 g/mol. The Balaban J connectivity index is 1.41. The van der Waals surface area contributed by atoms with E-state index in [4.69, 9.17) is 4.74 Å². The second kappa shape index (κ2) is 8.49. The summed E-state index contributed by atoms with van der Waals surface area (Å²) in [7, 11) is 0. The molecule has 3 aliphatic rings. The lowest BCUT2D eigenvalue weighted by atomic mass is 9.96. The molecule has 3 aromatic rings. The summed E-state index contributed by atoms with van der Waals surface area (Å²) in [6.07, 6.45) is 8.99. The van der Waals surface area contributed by atoms with Gasteiger partial charge in [0.05, 0.1) is 5.92 Å². The van der Waals surface area contributed by atoms with Crippen LogP contribution in [0.3, 0.4) is 0 Å². The van der Waals surface area contributed by atoms with Gasteiger partial charge in [-0.05, 0) is 30.5 Å². The van der Waals surface area contributed by atoms with Crippen molar-refractivity contribution in [2.45, 2.75) is 32.0 Å². The van der Waals surface area contributed by atoms with Crippen molar-refractivity contribution in [2.24, 2.45) is 5.92 Å². The van der Waals surface area contributed by atoms with Gasteiger partial charge in [-0.25, -0.2) is 15.0 Å². The maximum absolute atomic E-state index is 12.2. The molecule has 3 saturated heterocycles. The zero-order valence-corrected chi connectivity index (χ0v) is 17.3. The van der Waals surface area contributed by atoms with Gasteiger partial charge in [0.25, 0.3) is 0 Å². The highest BCUT2D eigenvalue weighted by molar-refractivity contribution is 7.09. The predicted molar refractivity (Wildman–Crippen MR) is 114 cm³/mol. The number of carbonyl (C=O) groups excluding carboxylic acids is 1. The van der Waals surface area contributed by atoms with Crippen molar-refractivity contribution < 1.29 is 9.53 Å². The molecule has 1 N–H and O–H groups in total. The number of hydrogen-bond acceptors (Lipinski definition) is 7. The summed E-state index contributed by atoms with van der Waals surface area (Å²) in [5.74, 6) is 1.13. The Morgan fingerprint density at radius 1 is 1.17 bits per heavy atom. The van der Waals surface area contributed by atoms with Crippen LogP contribution < -0.4 is 10.1 Å². The normalized spacial score (nSPS) is 21.3. The molecular weight excluding hydrogens is 398 g/mol. The van der Waals surface area contributed by atoms with Gasteiger partial charge in [0.2, 0.25) is 5.91 Å². The molecule has 0 spiro atoms. The summed E-state index contributed by atoms with van der Waals surface area (Å²) in [4.78, 5) is 27.2. The fourth-order valence-corrected chi connectivity index (χ4v) is 4.77. The van der Waals surface area contributed by atoms with Crippen LogP contribution in [0.15, 0.2) is 48.5 Å². The molecular formula is C22H23N5O2S. The molecule has 0 aliphatic carbocycles. The zero-order valence-electron chi connectivity index (χ0n) is 16.5. The van der Waals surface area contributed by atoms with E-state index in [2.05, 4.69) is 31.2 Å². The topological polar surface area (TPSA) is 80.2 Å². The van der Waals surface area contributed by atoms with Crippen LogP contribution in [-0.2, 0) is 17.9 Å². The molecule has 1 amide bonds. The molecule has 3 fully saturated rings. The van der Waals surface area contributed by atoms with E-state index in [1.165, 1.54) is 6.33 Å². The Kier molecular flexibility index (Phi) is 5.42. The number of nitrogens with one attached hydrogen (secondary N) is 1. The van der Waals surface area contributed by atoms with Crippen molar-refractivity contribution in [1.82, 2.24) is 25.2 Å². The van der Waals surface area contributed by atoms with Crippen LogP contribution in [0.2, 0.25) is 0 Å². The first kappa shape index (κ1) is 19.1. The van der Waals surface area contributed by atoms with E-state index in [1.54, 1.807) is 17.5 Å². The number of aromatic nitrogens is 3. The lowest BCUT2D eigenvalue weighted by Crippen LogP contribution is -2.43. The van der Waals surface area contributed by atoms with Crippen LogP contribution in [0, 0.1) is 5.92 Å². The van der Waals surface area contributed by atoms with Gasteiger partial charge >= 0.3 is 0 Å². The van der Waals surface area contributed by atoms with E-state index in [0.717, 1.165) is 59.9 Å². The van der Waals surface area contributed by atoms with E-state index < -0.39 is 0 Å². The number of benzene rings is 1. The van der Waals surface area contributed by atoms with E-state index in [9.17, 15) is 4.79 Å². The van der Waals surface area contributed by atoms with Gasteiger partial charge in [0, 0.05) is 60.8 Å². The zero-order chi connectivity index (χ0) is 20.3. The van der Waals surface area contributed by atoms with E-state index in [0.29, 0.717) is 6.61 Å². The molecule has 2 aromatic heterocycles. The van der Waals surface area contributed by atoms with Gasteiger partial charge in [-0.2, -0.15) is 0 Å². The summed E-state index contributed by atoms with van der Waals surface area (Å²) >= 11 is 1.59. The number of rotatable bonds is 6.